The highest BCUT2D eigenvalue weighted by atomic mass is 14.6. The Hall–Kier alpha value is -0.590. The minimum Gasteiger partial charge on any atom is -0.270 e. The Labute approximate surface area is 63.9 Å². The Morgan fingerprint density at radius 1 is 1.20 bits per heavy atom. The van der Waals surface area contributed by atoms with Crippen LogP contribution in [0.15, 0.2) is 17.3 Å². The second-order valence-corrected chi connectivity index (χ2v) is 2.85. The molecule has 1 unspecified atom stereocenters. The van der Waals surface area contributed by atoms with E-state index in [4.69, 9.17) is 0 Å². The molecule has 0 saturated carbocycles. The summed E-state index contributed by atoms with van der Waals surface area (Å²) in [6.45, 7) is 8.55. The van der Waals surface area contributed by atoms with Crippen molar-refractivity contribution in [3.63, 3.8) is 0 Å². The molecule has 1 heteroatoms. The number of allylic oxidation sites excluding steroid dienone is 1. The second-order valence-electron chi connectivity index (χ2n) is 2.85. The average molecular weight is 139 g/mol. The first-order valence-electron chi connectivity index (χ1n) is 3.83. The van der Waals surface area contributed by atoms with Gasteiger partial charge in [0.15, 0.2) is 0 Å². The van der Waals surface area contributed by atoms with E-state index in [1.807, 2.05) is 13.1 Å². The van der Waals surface area contributed by atoms with Crippen molar-refractivity contribution >= 4 is 6.21 Å². The number of nitrogens with zero attached hydrogens (tertiary/aromatic N) is 1. The Balaban J connectivity index is 3.66. The van der Waals surface area contributed by atoms with Crippen LogP contribution in [0.5, 0.6) is 0 Å². The topological polar surface area (TPSA) is 12.4 Å². The van der Waals surface area contributed by atoms with Gasteiger partial charge in [0.1, 0.15) is 0 Å². The molecular formula is C9H17N. The van der Waals surface area contributed by atoms with Crippen molar-refractivity contribution in [3.8, 4) is 0 Å². The number of hydrogen-bond donors (Lipinski definition) is 0. The van der Waals surface area contributed by atoms with E-state index in [9.17, 15) is 0 Å². The molecule has 0 N–H and O–H groups in total. The van der Waals surface area contributed by atoms with E-state index in [1.54, 1.807) is 6.21 Å². The molecule has 0 aliphatic rings. The Kier molecular flexibility index (Phi) is 4.91. The Morgan fingerprint density at radius 3 is 2.20 bits per heavy atom. The Morgan fingerprint density at radius 2 is 1.80 bits per heavy atom. The minimum atomic E-state index is 0.628. The van der Waals surface area contributed by atoms with Crippen molar-refractivity contribution < 1.29 is 0 Å². The van der Waals surface area contributed by atoms with E-state index in [2.05, 4.69) is 31.8 Å². The monoisotopic (exact) mass is 139 g/mol. The van der Waals surface area contributed by atoms with E-state index in [-0.39, 0.29) is 0 Å². The quantitative estimate of drug-likeness (QED) is 0.533. The van der Waals surface area contributed by atoms with Crippen LogP contribution in [0, 0.1) is 11.8 Å². The molecule has 10 heavy (non-hydrogen) atoms. The van der Waals surface area contributed by atoms with Crippen molar-refractivity contribution in [2.45, 2.75) is 27.7 Å². The van der Waals surface area contributed by atoms with Crippen LogP contribution in [0.25, 0.3) is 0 Å². The van der Waals surface area contributed by atoms with Gasteiger partial charge in [-0.25, -0.2) is 0 Å². The maximum atomic E-state index is 3.99. The molecule has 0 rings (SSSR count). The van der Waals surface area contributed by atoms with Crippen LogP contribution in [0.4, 0.5) is 0 Å². The number of aliphatic imine (C=N–C) groups is 1. The van der Waals surface area contributed by atoms with E-state index < -0.39 is 0 Å². The summed E-state index contributed by atoms with van der Waals surface area (Å²) >= 11 is 0. The number of hydrogen-bond acceptors (Lipinski definition) is 1. The summed E-state index contributed by atoms with van der Waals surface area (Å²) in [6, 6.07) is 0. The highest BCUT2D eigenvalue weighted by molar-refractivity contribution is 5.54. The highest BCUT2D eigenvalue weighted by Crippen LogP contribution is 2.10. The molecular weight excluding hydrogens is 122 g/mol. The van der Waals surface area contributed by atoms with Crippen molar-refractivity contribution in [2.24, 2.45) is 16.8 Å². The summed E-state index contributed by atoms with van der Waals surface area (Å²) in [5, 5.41) is 0. The van der Waals surface area contributed by atoms with Gasteiger partial charge in [-0.3, -0.25) is 4.99 Å². The first kappa shape index (κ1) is 9.41. The molecule has 0 bridgehead atoms. The lowest BCUT2D eigenvalue weighted by Crippen LogP contribution is -1.98. The Bertz CT molecular complexity index is 123. The van der Waals surface area contributed by atoms with Crippen LogP contribution in [0.3, 0.4) is 0 Å². The van der Waals surface area contributed by atoms with Gasteiger partial charge in [-0.2, -0.15) is 0 Å². The van der Waals surface area contributed by atoms with E-state index in [0.717, 1.165) is 0 Å². The van der Waals surface area contributed by atoms with E-state index >= 15 is 0 Å². The van der Waals surface area contributed by atoms with Gasteiger partial charge in [0.25, 0.3) is 0 Å². The molecule has 0 aliphatic heterocycles. The molecule has 1 nitrogen and oxygen atoms in total. The van der Waals surface area contributed by atoms with Crippen LogP contribution >= 0.6 is 0 Å². The lowest BCUT2D eigenvalue weighted by atomic mass is 9.98. The third-order valence-corrected chi connectivity index (χ3v) is 1.68. The zero-order valence-corrected chi connectivity index (χ0v) is 7.33. The highest BCUT2D eigenvalue weighted by Gasteiger charge is 2.00. The van der Waals surface area contributed by atoms with E-state index in [0.29, 0.717) is 11.8 Å². The standard InChI is InChI=1S/C9H17N/c1-5-10-7-6-9(4)8(2)3/h5-9H,1-4H3. The molecule has 0 heterocycles. The molecule has 0 aromatic rings. The lowest BCUT2D eigenvalue weighted by Gasteiger charge is -2.08. The van der Waals surface area contributed by atoms with Gasteiger partial charge in [0, 0.05) is 12.4 Å². The van der Waals surface area contributed by atoms with Crippen molar-refractivity contribution in [1.29, 1.82) is 0 Å². The zero-order chi connectivity index (χ0) is 7.98. The molecule has 0 aromatic heterocycles. The molecule has 0 saturated heterocycles. The third kappa shape index (κ3) is 4.30. The van der Waals surface area contributed by atoms with Crippen molar-refractivity contribution in [2.75, 3.05) is 0 Å². The fourth-order valence-corrected chi connectivity index (χ4v) is 0.494. The van der Waals surface area contributed by atoms with Gasteiger partial charge in [0.2, 0.25) is 0 Å². The third-order valence-electron chi connectivity index (χ3n) is 1.68. The lowest BCUT2D eigenvalue weighted by molar-refractivity contribution is 0.503. The van der Waals surface area contributed by atoms with Crippen LogP contribution in [0.2, 0.25) is 0 Å². The normalized spacial score (nSPS) is 15.7. The van der Waals surface area contributed by atoms with Crippen LogP contribution in [0.1, 0.15) is 27.7 Å². The molecule has 0 aliphatic carbocycles. The first-order chi connectivity index (χ1) is 4.68. The predicted octanol–water partition coefficient (Wildman–Crippen LogP) is 2.88. The van der Waals surface area contributed by atoms with Gasteiger partial charge < -0.3 is 0 Å². The predicted molar refractivity (Wildman–Crippen MR) is 47.3 cm³/mol. The zero-order valence-electron chi connectivity index (χ0n) is 7.33. The first-order valence-corrected chi connectivity index (χ1v) is 3.83. The van der Waals surface area contributed by atoms with Gasteiger partial charge in [0.05, 0.1) is 0 Å². The number of rotatable bonds is 3. The summed E-state index contributed by atoms with van der Waals surface area (Å²) in [4.78, 5) is 3.99. The maximum Gasteiger partial charge on any atom is 0.0226 e. The smallest absolute Gasteiger partial charge is 0.0226 e. The molecule has 0 spiro atoms. The molecule has 0 radical (unpaired) electrons. The van der Waals surface area contributed by atoms with Gasteiger partial charge in [-0.1, -0.05) is 26.8 Å². The van der Waals surface area contributed by atoms with Gasteiger partial charge >= 0.3 is 0 Å². The maximum absolute atomic E-state index is 3.99. The largest absolute Gasteiger partial charge is 0.270 e. The average Bonchev–Trinajstić information content (AvgIpc) is 1.88. The second kappa shape index (κ2) is 5.21. The summed E-state index contributed by atoms with van der Waals surface area (Å²) < 4.78 is 0. The van der Waals surface area contributed by atoms with Gasteiger partial charge in [-0.15, -0.1) is 0 Å². The summed E-state index contributed by atoms with van der Waals surface area (Å²) in [7, 11) is 0. The van der Waals surface area contributed by atoms with Crippen LogP contribution in [-0.2, 0) is 0 Å². The van der Waals surface area contributed by atoms with Crippen LogP contribution < -0.4 is 0 Å². The fourth-order valence-electron chi connectivity index (χ4n) is 0.494. The molecule has 0 fully saturated rings. The molecule has 58 valence electrons. The van der Waals surface area contributed by atoms with Crippen LogP contribution in [-0.4, -0.2) is 6.21 Å². The summed E-state index contributed by atoms with van der Waals surface area (Å²) in [5.41, 5.74) is 0. The summed E-state index contributed by atoms with van der Waals surface area (Å²) in [5.74, 6) is 1.34. The molecule has 0 amide bonds. The van der Waals surface area contributed by atoms with Crippen molar-refractivity contribution in [3.05, 3.63) is 12.3 Å². The summed E-state index contributed by atoms with van der Waals surface area (Å²) in [6.07, 6.45) is 5.79. The SMILES string of the molecule is CC=NC=CC(C)C(C)C. The molecule has 1 atom stereocenters. The molecule has 0 aromatic carbocycles. The minimum absolute atomic E-state index is 0.628. The fraction of sp³-hybridized carbons (Fsp3) is 0.667. The van der Waals surface area contributed by atoms with E-state index in [1.165, 1.54) is 0 Å². The van der Waals surface area contributed by atoms with Gasteiger partial charge in [-0.05, 0) is 18.8 Å². The van der Waals surface area contributed by atoms with Crippen molar-refractivity contribution in [1.82, 2.24) is 0 Å².